The molecule has 0 saturated heterocycles. The van der Waals surface area contributed by atoms with E-state index >= 15 is 0 Å². The van der Waals surface area contributed by atoms with Gasteiger partial charge in [0.05, 0.1) is 6.21 Å². The third kappa shape index (κ3) is 2.93. The summed E-state index contributed by atoms with van der Waals surface area (Å²) in [5.74, 6) is -10.2. The Balaban J connectivity index is 2.33. The molecule has 0 aliphatic carbocycles. The maximum atomic E-state index is 13.4. The molecule has 2 nitrogen and oxygen atoms in total. The summed E-state index contributed by atoms with van der Waals surface area (Å²) in [7, 11) is 0. The van der Waals surface area contributed by atoms with Crippen molar-refractivity contribution in [3.63, 3.8) is 0 Å². The van der Waals surface area contributed by atoms with E-state index in [0.717, 1.165) is 11.1 Å². The highest BCUT2D eigenvalue weighted by Crippen LogP contribution is 2.27. The topological polar surface area (TPSA) is 24.4 Å². The fraction of sp³-hybridized carbons (Fsp3) is 0.133. The van der Waals surface area contributed by atoms with Crippen LogP contribution in [0, 0.1) is 42.9 Å². The molecule has 0 unspecified atom stereocenters. The maximum Gasteiger partial charge on any atom is 0.200 e. The van der Waals surface area contributed by atoms with Crippen LogP contribution in [-0.2, 0) is 0 Å². The van der Waals surface area contributed by atoms with Crippen molar-refractivity contribution < 1.29 is 22.0 Å². The van der Waals surface area contributed by atoms with Crippen LogP contribution in [0.25, 0.3) is 0 Å². The van der Waals surface area contributed by atoms with Crippen LogP contribution in [0.2, 0.25) is 0 Å². The zero-order chi connectivity index (χ0) is 16.4. The molecule has 0 saturated carbocycles. The Kier molecular flexibility index (Phi) is 4.44. The second kappa shape index (κ2) is 6.13. The maximum absolute atomic E-state index is 13.4. The first-order valence-corrected chi connectivity index (χ1v) is 6.20. The van der Waals surface area contributed by atoms with Gasteiger partial charge in [-0.3, -0.25) is 5.43 Å². The standard InChI is InChI=1S/C15H11F5N2/c1-7-3-4-8(2)9(5-7)6-21-22-15-13(19)11(17)10(16)12(18)14(15)20/h3-6,22H,1-2H3/b21-6-. The highest BCUT2D eigenvalue weighted by atomic mass is 19.2. The molecule has 0 bridgehead atoms. The summed E-state index contributed by atoms with van der Waals surface area (Å²) >= 11 is 0. The molecule has 7 heteroatoms. The van der Waals surface area contributed by atoms with Gasteiger partial charge in [0, 0.05) is 0 Å². The molecule has 0 atom stereocenters. The first-order chi connectivity index (χ1) is 10.3. The summed E-state index contributed by atoms with van der Waals surface area (Å²) < 4.78 is 65.8. The summed E-state index contributed by atoms with van der Waals surface area (Å²) in [6.07, 6.45) is 1.24. The molecule has 0 aliphatic heterocycles. The second-order valence-electron chi connectivity index (χ2n) is 4.67. The van der Waals surface area contributed by atoms with Crippen molar-refractivity contribution in [1.29, 1.82) is 0 Å². The van der Waals surface area contributed by atoms with E-state index in [1.54, 1.807) is 13.0 Å². The van der Waals surface area contributed by atoms with Crippen LogP contribution in [0.4, 0.5) is 27.6 Å². The quantitative estimate of drug-likeness (QED) is 0.292. The number of anilines is 1. The number of halogens is 5. The van der Waals surface area contributed by atoms with Gasteiger partial charge in [-0.25, -0.2) is 22.0 Å². The molecular weight excluding hydrogens is 303 g/mol. The zero-order valence-electron chi connectivity index (χ0n) is 11.6. The van der Waals surface area contributed by atoms with Gasteiger partial charge in [0.2, 0.25) is 5.82 Å². The highest BCUT2D eigenvalue weighted by molar-refractivity contribution is 5.82. The largest absolute Gasteiger partial charge is 0.272 e. The van der Waals surface area contributed by atoms with E-state index in [-0.39, 0.29) is 0 Å². The van der Waals surface area contributed by atoms with Gasteiger partial charge in [0.1, 0.15) is 5.69 Å². The Bertz CT molecular complexity index is 727. The number of rotatable bonds is 3. The van der Waals surface area contributed by atoms with Crippen molar-refractivity contribution in [3.8, 4) is 0 Å². The molecular formula is C15H11F5N2. The molecule has 0 fully saturated rings. The monoisotopic (exact) mass is 314 g/mol. The van der Waals surface area contributed by atoms with Gasteiger partial charge in [-0.05, 0) is 25.0 Å². The lowest BCUT2D eigenvalue weighted by atomic mass is 10.1. The molecule has 22 heavy (non-hydrogen) atoms. The molecule has 2 aromatic carbocycles. The van der Waals surface area contributed by atoms with Crippen LogP contribution >= 0.6 is 0 Å². The van der Waals surface area contributed by atoms with E-state index < -0.39 is 34.8 Å². The average Bonchev–Trinajstić information content (AvgIpc) is 2.50. The van der Waals surface area contributed by atoms with Gasteiger partial charge in [-0.2, -0.15) is 5.10 Å². The van der Waals surface area contributed by atoms with Gasteiger partial charge >= 0.3 is 0 Å². The molecule has 0 amide bonds. The van der Waals surface area contributed by atoms with Gasteiger partial charge in [-0.15, -0.1) is 0 Å². The Labute approximate surface area is 123 Å². The van der Waals surface area contributed by atoms with Gasteiger partial charge in [0.15, 0.2) is 23.3 Å². The molecule has 0 aliphatic rings. The minimum Gasteiger partial charge on any atom is -0.272 e. The summed E-state index contributed by atoms with van der Waals surface area (Å²) in [6, 6.07) is 5.44. The van der Waals surface area contributed by atoms with Crippen LogP contribution in [0.5, 0.6) is 0 Å². The van der Waals surface area contributed by atoms with Crippen molar-refractivity contribution in [3.05, 3.63) is 64.0 Å². The third-order valence-electron chi connectivity index (χ3n) is 3.02. The van der Waals surface area contributed by atoms with Crippen molar-refractivity contribution in [2.75, 3.05) is 5.43 Å². The normalized spacial score (nSPS) is 11.2. The lowest BCUT2D eigenvalue weighted by Gasteiger charge is -2.07. The van der Waals surface area contributed by atoms with Gasteiger partial charge in [0.25, 0.3) is 0 Å². The predicted molar refractivity (Wildman–Crippen MR) is 73.4 cm³/mol. The molecule has 116 valence electrons. The molecule has 0 heterocycles. The summed E-state index contributed by atoms with van der Waals surface area (Å²) in [6.45, 7) is 3.63. The third-order valence-corrected chi connectivity index (χ3v) is 3.02. The number of hydrazone groups is 1. The van der Waals surface area contributed by atoms with E-state index in [1.165, 1.54) is 6.21 Å². The lowest BCUT2D eigenvalue weighted by molar-refractivity contribution is 0.381. The number of hydrogen-bond donors (Lipinski definition) is 1. The first-order valence-electron chi connectivity index (χ1n) is 6.20. The Morgan fingerprint density at radius 3 is 2.00 bits per heavy atom. The smallest absolute Gasteiger partial charge is 0.200 e. The summed E-state index contributed by atoms with van der Waals surface area (Å²) in [5, 5.41) is 3.54. The number of aryl methyl sites for hydroxylation is 2. The summed E-state index contributed by atoms with van der Waals surface area (Å²) in [4.78, 5) is 0. The predicted octanol–water partition coefficient (Wildman–Crippen LogP) is 4.44. The summed E-state index contributed by atoms with van der Waals surface area (Å²) in [5.41, 5.74) is 3.09. The molecule has 2 rings (SSSR count). The number of hydrogen-bond acceptors (Lipinski definition) is 2. The minimum atomic E-state index is -2.21. The molecule has 0 radical (unpaired) electrons. The second-order valence-corrected chi connectivity index (χ2v) is 4.67. The van der Waals surface area contributed by atoms with Gasteiger partial charge in [-0.1, -0.05) is 23.8 Å². The molecule has 0 spiro atoms. The van der Waals surface area contributed by atoms with Crippen molar-refractivity contribution in [2.24, 2.45) is 5.10 Å². The number of nitrogens with zero attached hydrogens (tertiary/aromatic N) is 1. The first kappa shape index (κ1) is 15.9. The van der Waals surface area contributed by atoms with E-state index in [4.69, 9.17) is 0 Å². The number of benzene rings is 2. The fourth-order valence-corrected chi connectivity index (χ4v) is 1.77. The lowest BCUT2D eigenvalue weighted by Crippen LogP contribution is -2.06. The molecule has 1 N–H and O–H groups in total. The van der Waals surface area contributed by atoms with Crippen LogP contribution in [-0.4, -0.2) is 6.21 Å². The van der Waals surface area contributed by atoms with Gasteiger partial charge < -0.3 is 0 Å². The Hall–Kier alpha value is -2.44. The Morgan fingerprint density at radius 1 is 0.864 bits per heavy atom. The van der Waals surface area contributed by atoms with Crippen molar-refractivity contribution in [1.82, 2.24) is 0 Å². The van der Waals surface area contributed by atoms with Crippen molar-refractivity contribution in [2.45, 2.75) is 13.8 Å². The van der Waals surface area contributed by atoms with Crippen LogP contribution in [0.15, 0.2) is 23.3 Å². The van der Waals surface area contributed by atoms with E-state index in [9.17, 15) is 22.0 Å². The highest BCUT2D eigenvalue weighted by Gasteiger charge is 2.25. The van der Waals surface area contributed by atoms with Crippen LogP contribution in [0.1, 0.15) is 16.7 Å². The average molecular weight is 314 g/mol. The molecule has 0 aromatic heterocycles. The zero-order valence-corrected chi connectivity index (χ0v) is 11.6. The minimum absolute atomic E-state index is 0.649. The van der Waals surface area contributed by atoms with Crippen LogP contribution in [0.3, 0.4) is 0 Å². The van der Waals surface area contributed by atoms with E-state index in [0.29, 0.717) is 5.56 Å². The fourth-order valence-electron chi connectivity index (χ4n) is 1.77. The van der Waals surface area contributed by atoms with Crippen molar-refractivity contribution >= 4 is 11.9 Å². The van der Waals surface area contributed by atoms with E-state index in [1.807, 2.05) is 24.5 Å². The Morgan fingerprint density at radius 2 is 1.41 bits per heavy atom. The van der Waals surface area contributed by atoms with Crippen LogP contribution < -0.4 is 5.43 Å². The SMILES string of the molecule is Cc1ccc(C)c(/C=N\Nc2c(F)c(F)c(F)c(F)c2F)c1. The number of nitrogens with one attached hydrogen (secondary N) is 1. The molecule has 2 aromatic rings. The van der Waals surface area contributed by atoms with E-state index in [2.05, 4.69) is 5.10 Å².